The first-order chi connectivity index (χ1) is 7.65. The van der Waals surface area contributed by atoms with Crippen LogP contribution < -0.4 is 5.76 Å². The number of oxazole rings is 1. The predicted octanol–water partition coefficient (Wildman–Crippen LogP) is 1.69. The van der Waals surface area contributed by atoms with Crippen molar-refractivity contribution in [3.63, 3.8) is 0 Å². The minimum Gasteiger partial charge on any atom is -0.481 e. The lowest BCUT2D eigenvalue weighted by molar-refractivity contribution is -0.136. The van der Waals surface area contributed by atoms with E-state index in [9.17, 15) is 9.59 Å². The van der Waals surface area contributed by atoms with Gasteiger partial charge in [-0.1, -0.05) is 0 Å². The summed E-state index contributed by atoms with van der Waals surface area (Å²) in [4.78, 5) is 24.7. The highest BCUT2D eigenvalue weighted by atomic mass is 32.2. The van der Waals surface area contributed by atoms with Gasteiger partial charge in [-0.2, -0.15) is 0 Å². The van der Waals surface area contributed by atoms with E-state index < -0.39 is 11.7 Å². The van der Waals surface area contributed by atoms with Crippen LogP contribution in [0.4, 0.5) is 0 Å². The number of thioether (sulfide) groups is 1. The number of hydrogen-bond donors (Lipinski definition) is 2. The van der Waals surface area contributed by atoms with Gasteiger partial charge in [-0.25, -0.2) is 4.79 Å². The number of aromatic nitrogens is 1. The normalized spacial score (nSPS) is 10.8. The third-order valence-corrected chi connectivity index (χ3v) is 2.97. The Balaban J connectivity index is 2.13. The van der Waals surface area contributed by atoms with Gasteiger partial charge in [-0.05, 0) is 18.2 Å². The molecule has 0 unspecified atom stereocenters. The zero-order chi connectivity index (χ0) is 11.5. The van der Waals surface area contributed by atoms with Gasteiger partial charge in [0.15, 0.2) is 5.58 Å². The molecule has 2 N–H and O–H groups in total. The lowest BCUT2D eigenvalue weighted by Crippen LogP contribution is -1.95. The third-order valence-electron chi connectivity index (χ3n) is 1.98. The largest absolute Gasteiger partial charge is 0.481 e. The summed E-state index contributed by atoms with van der Waals surface area (Å²) in [6.07, 6.45) is 0.116. The summed E-state index contributed by atoms with van der Waals surface area (Å²) in [5.74, 6) is -0.795. The van der Waals surface area contributed by atoms with Crippen molar-refractivity contribution in [1.29, 1.82) is 0 Å². The van der Waals surface area contributed by atoms with Gasteiger partial charge in [-0.3, -0.25) is 9.78 Å². The molecule has 6 heteroatoms. The number of hydrogen-bond acceptors (Lipinski definition) is 4. The van der Waals surface area contributed by atoms with Gasteiger partial charge in [-0.15, -0.1) is 11.8 Å². The minimum atomic E-state index is -0.815. The van der Waals surface area contributed by atoms with Crippen LogP contribution in [0, 0.1) is 0 Å². The molecule has 16 heavy (non-hydrogen) atoms. The van der Waals surface area contributed by atoms with Crippen LogP contribution in [0.15, 0.2) is 32.3 Å². The van der Waals surface area contributed by atoms with E-state index in [0.717, 1.165) is 4.90 Å². The van der Waals surface area contributed by atoms with Gasteiger partial charge in [0, 0.05) is 10.6 Å². The number of fused-ring (bicyclic) bond motifs is 1. The van der Waals surface area contributed by atoms with Crippen LogP contribution in [-0.2, 0) is 4.79 Å². The average molecular weight is 239 g/mol. The molecule has 0 saturated heterocycles. The molecule has 0 amide bonds. The van der Waals surface area contributed by atoms with Crippen molar-refractivity contribution in [1.82, 2.24) is 4.98 Å². The first-order valence-corrected chi connectivity index (χ1v) is 5.61. The molecule has 5 nitrogen and oxygen atoms in total. The number of rotatable bonds is 4. The summed E-state index contributed by atoms with van der Waals surface area (Å²) in [6, 6.07) is 5.26. The topological polar surface area (TPSA) is 83.3 Å². The number of carbonyl (C=O) groups is 1. The molecule has 0 fully saturated rings. The standard InChI is InChI=1S/C10H9NO4S/c12-9(13)3-4-16-6-1-2-8-7(5-6)11-10(14)15-8/h1-2,5H,3-4H2,(H,11,14)(H,12,13). The van der Waals surface area contributed by atoms with Crippen LogP contribution in [0.2, 0.25) is 0 Å². The first kappa shape index (κ1) is 10.8. The van der Waals surface area contributed by atoms with Gasteiger partial charge in [0.25, 0.3) is 0 Å². The van der Waals surface area contributed by atoms with E-state index in [-0.39, 0.29) is 6.42 Å². The van der Waals surface area contributed by atoms with Crippen molar-refractivity contribution in [2.24, 2.45) is 0 Å². The molecule has 0 aliphatic carbocycles. The lowest BCUT2D eigenvalue weighted by Gasteiger charge is -1.98. The van der Waals surface area contributed by atoms with E-state index in [2.05, 4.69) is 4.98 Å². The van der Waals surface area contributed by atoms with Gasteiger partial charge in [0.05, 0.1) is 11.9 Å². The second-order valence-corrected chi connectivity index (χ2v) is 4.33. The van der Waals surface area contributed by atoms with Gasteiger partial charge >= 0.3 is 11.7 Å². The molecular weight excluding hydrogens is 230 g/mol. The van der Waals surface area contributed by atoms with Crippen molar-refractivity contribution in [3.05, 3.63) is 28.7 Å². The quantitative estimate of drug-likeness (QED) is 0.793. The zero-order valence-corrected chi connectivity index (χ0v) is 9.04. The second kappa shape index (κ2) is 4.44. The Morgan fingerprint density at radius 1 is 1.50 bits per heavy atom. The van der Waals surface area contributed by atoms with Crippen LogP contribution in [-0.4, -0.2) is 21.8 Å². The van der Waals surface area contributed by atoms with Crippen LogP contribution in [0.1, 0.15) is 6.42 Å². The number of carboxylic acid groups (broad SMARTS) is 1. The summed E-state index contributed by atoms with van der Waals surface area (Å²) in [5.41, 5.74) is 1.14. The number of carboxylic acids is 1. The number of H-pyrrole nitrogens is 1. The fourth-order valence-corrected chi connectivity index (χ4v) is 2.15. The van der Waals surface area contributed by atoms with Crippen molar-refractivity contribution >= 4 is 28.8 Å². The Kier molecular flexibility index (Phi) is 3.00. The van der Waals surface area contributed by atoms with Crippen molar-refractivity contribution in [2.75, 3.05) is 5.75 Å². The summed E-state index contributed by atoms with van der Waals surface area (Å²) in [7, 11) is 0. The van der Waals surface area contributed by atoms with E-state index >= 15 is 0 Å². The van der Waals surface area contributed by atoms with Crippen LogP contribution in [0.25, 0.3) is 11.1 Å². The fraction of sp³-hybridized carbons (Fsp3) is 0.200. The van der Waals surface area contributed by atoms with Crippen molar-refractivity contribution < 1.29 is 14.3 Å². The number of aliphatic carboxylic acids is 1. The summed E-state index contributed by atoms with van der Waals surface area (Å²) in [5, 5.41) is 8.49. The molecule has 0 atom stereocenters. The van der Waals surface area contributed by atoms with E-state index in [1.54, 1.807) is 18.2 Å². The number of aromatic amines is 1. The molecule has 0 spiro atoms. The van der Waals surface area contributed by atoms with Gasteiger partial charge in [0.1, 0.15) is 0 Å². The first-order valence-electron chi connectivity index (χ1n) is 4.62. The maximum absolute atomic E-state index is 10.9. The minimum absolute atomic E-state index is 0.116. The predicted molar refractivity (Wildman–Crippen MR) is 59.8 cm³/mol. The fourth-order valence-electron chi connectivity index (χ4n) is 1.28. The highest BCUT2D eigenvalue weighted by Gasteiger charge is 2.03. The molecule has 2 rings (SSSR count). The summed E-state index contributed by atoms with van der Waals surface area (Å²) < 4.78 is 4.85. The van der Waals surface area contributed by atoms with Crippen molar-refractivity contribution in [2.45, 2.75) is 11.3 Å². The molecule has 84 valence electrons. The number of benzene rings is 1. The molecule has 0 radical (unpaired) electrons. The molecular formula is C10H9NO4S. The summed E-state index contributed by atoms with van der Waals surface area (Å²) in [6.45, 7) is 0. The molecule has 0 aliphatic heterocycles. The third kappa shape index (κ3) is 2.46. The smallest absolute Gasteiger partial charge is 0.417 e. The van der Waals surface area contributed by atoms with E-state index in [1.807, 2.05) is 0 Å². The van der Waals surface area contributed by atoms with Crippen LogP contribution in [0.5, 0.6) is 0 Å². The monoisotopic (exact) mass is 239 g/mol. The number of nitrogens with one attached hydrogen (secondary N) is 1. The maximum Gasteiger partial charge on any atom is 0.417 e. The van der Waals surface area contributed by atoms with E-state index in [4.69, 9.17) is 9.52 Å². The molecule has 2 aromatic rings. The van der Waals surface area contributed by atoms with Crippen LogP contribution in [0.3, 0.4) is 0 Å². The molecule has 0 bridgehead atoms. The Morgan fingerprint density at radius 2 is 2.31 bits per heavy atom. The Bertz CT molecular complexity index is 571. The van der Waals surface area contributed by atoms with E-state index in [1.165, 1.54) is 11.8 Å². The highest BCUT2D eigenvalue weighted by molar-refractivity contribution is 7.99. The Morgan fingerprint density at radius 3 is 3.06 bits per heavy atom. The molecule has 1 aromatic carbocycles. The lowest BCUT2D eigenvalue weighted by atomic mass is 10.3. The maximum atomic E-state index is 10.9. The summed E-state index contributed by atoms with van der Waals surface area (Å²) >= 11 is 1.43. The van der Waals surface area contributed by atoms with E-state index in [0.29, 0.717) is 16.9 Å². The van der Waals surface area contributed by atoms with Crippen LogP contribution >= 0.6 is 11.8 Å². The molecule has 0 saturated carbocycles. The second-order valence-electron chi connectivity index (χ2n) is 3.16. The van der Waals surface area contributed by atoms with Gasteiger partial charge < -0.3 is 9.52 Å². The SMILES string of the molecule is O=C(O)CCSc1ccc2oc(=O)[nH]c2c1. The Hall–Kier alpha value is -1.69. The van der Waals surface area contributed by atoms with Crippen molar-refractivity contribution in [3.8, 4) is 0 Å². The zero-order valence-electron chi connectivity index (χ0n) is 8.23. The highest BCUT2D eigenvalue weighted by Crippen LogP contribution is 2.22. The Labute approximate surface area is 94.5 Å². The average Bonchev–Trinajstić information content (AvgIpc) is 2.56. The molecule has 1 aromatic heterocycles. The molecule has 1 heterocycles. The molecule has 0 aliphatic rings. The van der Waals surface area contributed by atoms with Gasteiger partial charge in [0.2, 0.25) is 0 Å².